The number of carbonyl (C=O) groups excluding carboxylic acids is 1. The van der Waals surface area contributed by atoms with Crippen LogP contribution in [0.4, 0.5) is 0 Å². The van der Waals surface area contributed by atoms with E-state index in [4.69, 9.17) is 4.74 Å². The fraction of sp³-hybridized carbons (Fsp3) is 0.615. The molecule has 0 saturated heterocycles. The summed E-state index contributed by atoms with van der Waals surface area (Å²) in [6, 6.07) is 0. The molecule has 1 aromatic heterocycles. The van der Waals surface area contributed by atoms with Crippen molar-refractivity contribution in [2.45, 2.75) is 47.0 Å². The van der Waals surface area contributed by atoms with E-state index in [0.29, 0.717) is 12.3 Å². The molecule has 90 valence electrons. The van der Waals surface area contributed by atoms with Gasteiger partial charge < -0.3 is 9.72 Å². The van der Waals surface area contributed by atoms with Gasteiger partial charge in [0.05, 0.1) is 6.61 Å². The summed E-state index contributed by atoms with van der Waals surface area (Å²) >= 11 is 0. The van der Waals surface area contributed by atoms with Crippen molar-refractivity contribution in [1.29, 1.82) is 0 Å². The summed E-state index contributed by atoms with van der Waals surface area (Å²) in [7, 11) is 0. The first-order valence-electron chi connectivity index (χ1n) is 6.03. The van der Waals surface area contributed by atoms with E-state index < -0.39 is 0 Å². The number of aromatic amines is 1. The van der Waals surface area contributed by atoms with E-state index in [1.165, 1.54) is 11.3 Å². The number of H-pyrrole nitrogens is 1. The van der Waals surface area contributed by atoms with E-state index in [1.807, 2.05) is 13.8 Å². The van der Waals surface area contributed by atoms with Gasteiger partial charge in [-0.05, 0) is 37.8 Å². The van der Waals surface area contributed by atoms with Gasteiger partial charge in [0.15, 0.2) is 0 Å². The average molecular weight is 223 g/mol. The Morgan fingerprint density at radius 2 is 2.00 bits per heavy atom. The lowest BCUT2D eigenvalue weighted by Gasteiger charge is -2.00. The Morgan fingerprint density at radius 1 is 1.31 bits per heavy atom. The summed E-state index contributed by atoms with van der Waals surface area (Å²) in [6.07, 6.45) is 3.02. The summed E-state index contributed by atoms with van der Waals surface area (Å²) in [5.74, 6) is -0.239. The molecule has 0 unspecified atom stereocenters. The Kier molecular flexibility index (Phi) is 4.59. The van der Waals surface area contributed by atoms with Crippen LogP contribution in [0.2, 0.25) is 0 Å². The molecule has 1 aromatic rings. The van der Waals surface area contributed by atoms with Crippen molar-refractivity contribution < 1.29 is 9.53 Å². The second kappa shape index (κ2) is 5.73. The van der Waals surface area contributed by atoms with Gasteiger partial charge in [0.1, 0.15) is 5.69 Å². The average Bonchev–Trinajstić information content (AvgIpc) is 2.56. The highest BCUT2D eigenvalue weighted by Gasteiger charge is 2.18. The van der Waals surface area contributed by atoms with Gasteiger partial charge in [-0.15, -0.1) is 0 Å². The summed E-state index contributed by atoms with van der Waals surface area (Å²) in [5, 5.41) is 0. The van der Waals surface area contributed by atoms with Gasteiger partial charge in [-0.2, -0.15) is 0 Å². The van der Waals surface area contributed by atoms with Crippen LogP contribution in [-0.2, 0) is 17.6 Å². The molecule has 0 aliphatic heterocycles. The molecule has 3 nitrogen and oxygen atoms in total. The van der Waals surface area contributed by atoms with Gasteiger partial charge in [-0.1, -0.05) is 20.3 Å². The van der Waals surface area contributed by atoms with Crippen LogP contribution in [0.1, 0.15) is 54.5 Å². The molecule has 0 amide bonds. The SMILES string of the molecule is CCCc1[nH]c(C(=O)OCC)c(C)c1CC. The summed E-state index contributed by atoms with van der Waals surface area (Å²) in [5.41, 5.74) is 4.13. The third kappa shape index (κ3) is 2.46. The van der Waals surface area contributed by atoms with Gasteiger partial charge in [-0.3, -0.25) is 0 Å². The van der Waals surface area contributed by atoms with Gasteiger partial charge >= 0.3 is 5.97 Å². The molecule has 1 heterocycles. The molecule has 0 bridgehead atoms. The van der Waals surface area contributed by atoms with Crippen LogP contribution in [-0.4, -0.2) is 17.6 Å². The highest BCUT2D eigenvalue weighted by molar-refractivity contribution is 5.89. The number of hydrogen-bond donors (Lipinski definition) is 1. The van der Waals surface area contributed by atoms with E-state index >= 15 is 0 Å². The molecule has 0 saturated carbocycles. The number of aromatic nitrogens is 1. The van der Waals surface area contributed by atoms with Crippen LogP contribution in [0, 0.1) is 6.92 Å². The first-order chi connectivity index (χ1) is 7.65. The number of carbonyl (C=O) groups is 1. The van der Waals surface area contributed by atoms with Crippen molar-refractivity contribution in [3.05, 3.63) is 22.5 Å². The van der Waals surface area contributed by atoms with Crippen LogP contribution < -0.4 is 0 Å². The van der Waals surface area contributed by atoms with Crippen molar-refractivity contribution in [2.24, 2.45) is 0 Å². The maximum absolute atomic E-state index is 11.7. The van der Waals surface area contributed by atoms with E-state index in [-0.39, 0.29) is 5.97 Å². The minimum absolute atomic E-state index is 0.239. The van der Waals surface area contributed by atoms with Crippen molar-refractivity contribution in [2.75, 3.05) is 6.61 Å². The molecule has 16 heavy (non-hydrogen) atoms. The normalized spacial score (nSPS) is 10.5. The first-order valence-corrected chi connectivity index (χ1v) is 6.03. The van der Waals surface area contributed by atoms with Crippen molar-refractivity contribution in [1.82, 2.24) is 4.98 Å². The van der Waals surface area contributed by atoms with Crippen molar-refractivity contribution in [3.63, 3.8) is 0 Å². The van der Waals surface area contributed by atoms with E-state index in [0.717, 1.165) is 24.8 Å². The third-order valence-electron chi connectivity index (χ3n) is 2.80. The fourth-order valence-electron chi connectivity index (χ4n) is 2.05. The predicted molar refractivity (Wildman–Crippen MR) is 64.9 cm³/mol. The number of rotatable bonds is 5. The lowest BCUT2D eigenvalue weighted by atomic mass is 10.1. The fourth-order valence-corrected chi connectivity index (χ4v) is 2.05. The minimum Gasteiger partial charge on any atom is -0.461 e. The molecular formula is C13H21NO2. The monoisotopic (exact) mass is 223 g/mol. The van der Waals surface area contributed by atoms with Gasteiger partial charge in [0, 0.05) is 5.69 Å². The van der Waals surface area contributed by atoms with Crippen LogP contribution in [0.25, 0.3) is 0 Å². The van der Waals surface area contributed by atoms with Crippen molar-refractivity contribution >= 4 is 5.97 Å². The molecule has 1 rings (SSSR count). The molecule has 0 fully saturated rings. The Morgan fingerprint density at radius 3 is 2.50 bits per heavy atom. The number of aryl methyl sites for hydroxylation is 1. The highest BCUT2D eigenvalue weighted by atomic mass is 16.5. The number of ether oxygens (including phenoxy) is 1. The standard InChI is InChI=1S/C13H21NO2/c1-5-8-11-10(6-2)9(4)12(14-11)13(15)16-7-3/h14H,5-8H2,1-4H3. The highest BCUT2D eigenvalue weighted by Crippen LogP contribution is 2.21. The summed E-state index contributed by atoms with van der Waals surface area (Å²) < 4.78 is 5.03. The first kappa shape index (κ1) is 12.8. The van der Waals surface area contributed by atoms with Crippen LogP contribution in [0.3, 0.4) is 0 Å². The molecule has 0 aliphatic rings. The molecule has 1 N–H and O–H groups in total. The smallest absolute Gasteiger partial charge is 0.355 e. The quantitative estimate of drug-likeness (QED) is 0.780. The van der Waals surface area contributed by atoms with Crippen LogP contribution >= 0.6 is 0 Å². The zero-order valence-electron chi connectivity index (χ0n) is 10.6. The van der Waals surface area contributed by atoms with Crippen molar-refractivity contribution in [3.8, 4) is 0 Å². The van der Waals surface area contributed by atoms with Gasteiger partial charge in [0.2, 0.25) is 0 Å². The Labute approximate surface area is 97.2 Å². The molecule has 0 radical (unpaired) electrons. The maximum atomic E-state index is 11.7. The molecular weight excluding hydrogens is 202 g/mol. The van der Waals surface area contributed by atoms with Gasteiger partial charge in [-0.25, -0.2) is 4.79 Å². The maximum Gasteiger partial charge on any atom is 0.355 e. The van der Waals surface area contributed by atoms with E-state index in [9.17, 15) is 4.79 Å². The van der Waals surface area contributed by atoms with Crippen LogP contribution in [0.5, 0.6) is 0 Å². The predicted octanol–water partition coefficient (Wildman–Crippen LogP) is 3.01. The molecule has 3 heteroatoms. The topological polar surface area (TPSA) is 42.1 Å². The lowest BCUT2D eigenvalue weighted by Crippen LogP contribution is -2.06. The molecule has 0 atom stereocenters. The largest absolute Gasteiger partial charge is 0.461 e. The van der Waals surface area contributed by atoms with E-state index in [2.05, 4.69) is 18.8 Å². The molecule has 0 aliphatic carbocycles. The number of esters is 1. The third-order valence-corrected chi connectivity index (χ3v) is 2.80. The zero-order chi connectivity index (χ0) is 12.1. The zero-order valence-corrected chi connectivity index (χ0v) is 10.6. The number of nitrogens with one attached hydrogen (secondary N) is 1. The summed E-state index contributed by atoms with van der Waals surface area (Å²) in [4.78, 5) is 14.9. The number of hydrogen-bond acceptors (Lipinski definition) is 2. The lowest BCUT2D eigenvalue weighted by molar-refractivity contribution is 0.0519. The Bertz CT molecular complexity index is 366. The second-order valence-corrected chi connectivity index (χ2v) is 3.91. The Hall–Kier alpha value is -1.25. The van der Waals surface area contributed by atoms with Gasteiger partial charge in [0.25, 0.3) is 0 Å². The minimum atomic E-state index is -0.239. The Balaban J connectivity index is 3.06. The molecule has 0 spiro atoms. The van der Waals surface area contributed by atoms with Crippen LogP contribution in [0.15, 0.2) is 0 Å². The van der Waals surface area contributed by atoms with E-state index in [1.54, 1.807) is 0 Å². The molecule has 0 aromatic carbocycles. The summed E-state index contributed by atoms with van der Waals surface area (Å²) in [6.45, 7) is 8.48. The second-order valence-electron chi connectivity index (χ2n) is 3.91.